The van der Waals surface area contributed by atoms with E-state index in [4.69, 9.17) is 18.1 Å². The number of rotatable bonds is 2. The van der Waals surface area contributed by atoms with Crippen LogP contribution in [0.5, 0.6) is 0 Å². The van der Waals surface area contributed by atoms with E-state index < -0.39 is 17.5 Å². The molecule has 1 aromatic rings. The average Bonchev–Trinajstić information content (AvgIpc) is 2.09. The van der Waals surface area contributed by atoms with Crippen molar-refractivity contribution in [1.82, 2.24) is 0 Å². The third-order valence-corrected chi connectivity index (χ3v) is 1.64. The maximum Gasteiger partial charge on any atom is 0.379 e. The maximum absolute atomic E-state index is 12.9. The van der Waals surface area contributed by atoms with E-state index in [1.807, 2.05) is 0 Å². The van der Waals surface area contributed by atoms with E-state index in [-0.39, 0.29) is 11.1 Å². The minimum atomic E-state index is -3.99. The zero-order chi connectivity index (χ0) is 10.9. The molecule has 0 aliphatic rings. The first-order chi connectivity index (χ1) is 6.35. The zero-order valence-corrected chi connectivity index (χ0v) is 6.98. The van der Waals surface area contributed by atoms with Gasteiger partial charge >= 0.3 is 11.9 Å². The van der Waals surface area contributed by atoms with E-state index in [0.717, 1.165) is 18.2 Å². The van der Waals surface area contributed by atoms with Crippen LogP contribution in [0.2, 0.25) is 5.02 Å². The molecule has 1 rings (SSSR count). The number of carbonyl (C=O) groups is 1. The lowest BCUT2D eigenvalue weighted by molar-refractivity contribution is -0.166. The van der Waals surface area contributed by atoms with Gasteiger partial charge in [-0.3, -0.25) is 0 Å². The molecule has 0 atom stereocenters. The Hall–Kier alpha value is -1.16. The van der Waals surface area contributed by atoms with Gasteiger partial charge in [0.25, 0.3) is 0 Å². The quantitative estimate of drug-likeness (QED) is 0.809. The lowest BCUT2D eigenvalue weighted by atomic mass is 10.1. The Morgan fingerprint density at radius 2 is 2.15 bits per heavy atom. The molecular weight excluding hydrogens is 202 g/mol. The fourth-order valence-corrected chi connectivity index (χ4v) is 0.842. The van der Waals surface area contributed by atoms with Crippen LogP contribution >= 0.6 is 11.6 Å². The molecule has 0 spiro atoms. The van der Waals surface area contributed by atoms with E-state index in [1.165, 1.54) is 0 Å². The lowest BCUT2D eigenvalue weighted by Gasteiger charge is -2.10. The van der Waals surface area contributed by atoms with Crippen molar-refractivity contribution in [3.05, 3.63) is 34.8 Å². The standard InChI is InChI=1S/C8H5ClF2O2/c9-6-3-1-5(2-4-6)8(10,11)7(12)13/h1-4H,(H,12,13)/i3D. The molecule has 0 saturated heterocycles. The molecule has 0 heterocycles. The van der Waals surface area contributed by atoms with Crippen LogP contribution < -0.4 is 0 Å². The van der Waals surface area contributed by atoms with Crippen LogP contribution in [0.15, 0.2) is 24.2 Å². The first-order valence-electron chi connectivity index (χ1n) is 3.73. The van der Waals surface area contributed by atoms with E-state index in [2.05, 4.69) is 0 Å². The van der Waals surface area contributed by atoms with Crippen molar-refractivity contribution in [2.24, 2.45) is 0 Å². The van der Waals surface area contributed by atoms with Crippen molar-refractivity contribution in [1.29, 1.82) is 0 Å². The highest BCUT2D eigenvalue weighted by molar-refractivity contribution is 6.30. The first-order valence-corrected chi connectivity index (χ1v) is 3.61. The fourth-order valence-electron chi connectivity index (χ4n) is 0.725. The highest BCUT2D eigenvalue weighted by atomic mass is 35.5. The Morgan fingerprint density at radius 3 is 2.62 bits per heavy atom. The number of carboxylic acids is 1. The Bertz CT molecular complexity index is 382. The van der Waals surface area contributed by atoms with Gasteiger partial charge < -0.3 is 5.11 Å². The molecule has 1 N–H and O–H groups in total. The average molecular weight is 208 g/mol. The first kappa shape index (κ1) is 8.44. The number of alkyl halides is 2. The molecule has 0 amide bonds. The van der Waals surface area contributed by atoms with E-state index in [0.29, 0.717) is 0 Å². The van der Waals surface area contributed by atoms with Crippen LogP contribution in [-0.2, 0) is 10.7 Å². The van der Waals surface area contributed by atoms with Gasteiger partial charge in [0.05, 0.1) is 1.37 Å². The predicted octanol–water partition coefficient (Wildman–Crippen LogP) is 2.52. The largest absolute Gasteiger partial charge is 0.477 e. The fraction of sp³-hybridized carbons (Fsp3) is 0.125. The molecule has 0 saturated carbocycles. The summed E-state index contributed by atoms with van der Waals surface area (Å²) in [5.41, 5.74) is -0.751. The van der Waals surface area contributed by atoms with Crippen molar-refractivity contribution in [3.8, 4) is 0 Å². The molecule has 2 nitrogen and oxygen atoms in total. The summed E-state index contributed by atoms with van der Waals surface area (Å²) in [6.07, 6.45) is 0. The van der Waals surface area contributed by atoms with Crippen LogP contribution in [0, 0.1) is 0 Å². The monoisotopic (exact) mass is 207 g/mol. The predicted molar refractivity (Wildman–Crippen MR) is 43.0 cm³/mol. The highest BCUT2D eigenvalue weighted by Gasteiger charge is 2.40. The van der Waals surface area contributed by atoms with Gasteiger partial charge in [-0.25, -0.2) is 4.79 Å². The molecule has 0 aromatic heterocycles. The normalized spacial score (nSPS) is 12.4. The van der Waals surface area contributed by atoms with Crippen molar-refractivity contribution >= 4 is 17.6 Å². The molecule has 5 heteroatoms. The Kier molecular flexibility index (Phi) is 2.14. The Balaban J connectivity index is 3.21. The second kappa shape index (κ2) is 3.30. The molecule has 0 aliphatic heterocycles. The van der Waals surface area contributed by atoms with Gasteiger partial charge in [-0.2, -0.15) is 8.78 Å². The minimum Gasteiger partial charge on any atom is -0.477 e. The van der Waals surface area contributed by atoms with Gasteiger partial charge in [-0.05, 0) is 12.1 Å². The van der Waals surface area contributed by atoms with Crippen molar-refractivity contribution in [2.75, 3.05) is 0 Å². The Labute approximate surface area is 79.2 Å². The number of hydrogen-bond acceptors (Lipinski definition) is 1. The van der Waals surface area contributed by atoms with Gasteiger partial charge in [0.15, 0.2) is 0 Å². The summed E-state index contributed by atoms with van der Waals surface area (Å²) in [6.45, 7) is 0. The molecule has 1 aromatic carbocycles. The van der Waals surface area contributed by atoms with Crippen LogP contribution in [0.3, 0.4) is 0 Å². The molecule has 0 aliphatic carbocycles. The summed E-state index contributed by atoms with van der Waals surface area (Å²) < 4.78 is 32.9. The van der Waals surface area contributed by atoms with Gasteiger partial charge in [0, 0.05) is 10.6 Å². The third kappa shape index (κ3) is 1.95. The third-order valence-electron chi connectivity index (χ3n) is 1.41. The van der Waals surface area contributed by atoms with Crippen molar-refractivity contribution in [2.45, 2.75) is 5.92 Å². The van der Waals surface area contributed by atoms with E-state index in [9.17, 15) is 13.6 Å². The number of aliphatic carboxylic acids is 1. The number of hydrogen-bond donors (Lipinski definition) is 1. The molecule has 0 unspecified atom stereocenters. The molecule has 13 heavy (non-hydrogen) atoms. The summed E-state index contributed by atoms with van der Waals surface area (Å²) in [7, 11) is 0. The van der Waals surface area contributed by atoms with Gasteiger partial charge in [0.1, 0.15) is 0 Å². The SMILES string of the molecule is [2H]c1cc(C(F)(F)C(=O)O)ccc1Cl. The van der Waals surface area contributed by atoms with Crippen LogP contribution in [0.1, 0.15) is 6.93 Å². The van der Waals surface area contributed by atoms with Gasteiger partial charge in [-0.15, -0.1) is 0 Å². The van der Waals surface area contributed by atoms with Crippen LogP contribution in [0.4, 0.5) is 8.78 Å². The van der Waals surface area contributed by atoms with Crippen molar-refractivity contribution < 1.29 is 20.1 Å². The summed E-state index contributed by atoms with van der Waals surface area (Å²) in [4.78, 5) is 10.2. The summed E-state index contributed by atoms with van der Waals surface area (Å²) in [6, 6.07) is 2.35. The maximum atomic E-state index is 12.9. The topological polar surface area (TPSA) is 37.3 Å². The van der Waals surface area contributed by atoms with Gasteiger partial charge in [-0.1, -0.05) is 23.7 Å². The molecule has 70 valence electrons. The summed E-state index contributed by atoms with van der Waals surface area (Å²) in [5, 5.41) is 8.21. The lowest BCUT2D eigenvalue weighted by Crippen LogP contribution is -2.25. The van der Waals surface area contributed by atoms with E-state index >= 15 is 0 Å². The van der Waals surface area contributed by atoms with Crippen molar-refractivity contribution in [3.63, 3.8) is 0 Å². The number of carboxylic acid groups (broad SMARTS) is 1. The molecule has 0 radical (unpaired) electrons. The minimum absolute atomic E-state index is 0.00469. The summed E-state index contributed by atoms with van der Waals surface area (Å²) >= 11 is 5.43. The van der Waals surface area contributed by atoms with Crippen LogP contribution in [0.25, 0.3) is 0 Å². The highest BCUT2D eigenvalue weighted by Crippen LogP contribution is 2.28. The Morgan fingerprint density at radius 1 is 1.54 bits per heavy atom. The van der Waals surface area contributed by atoms with Gasteiger partial charge in [0.2, 0.25) is 0 Å². The second-order valence-corrected chi connectivity index (χ2v) is 2.71. The van der Waals surface area contributed by atoms with E-state index in [1.54, 1.807) is 0 Å². The smallest absolute Gasteiger partial charge is 0.379 e. The molecular formula is C8H5ClF2O2. The molecule has 0 bridgehead atoms. The molecule has 0 fully saturated rings. The zero-order valence-electron chi connectivity index (χ0n) is 7.22. The second-order valence-electron chi connectivity index (χ2n) is 2.30. The number of halogens is 3. The number of benzene rings is 1. The van der Waals surface area contributed by atoms with Crippen LogP contribution in [-0.4, -0.2) is 11.1 Å². The summed E-state index contributed by atoms with van der Waals surface area (Å²) in [5.74, 6) is -6.24.